The number of benzene rings is 1. The van der Waals surface area contributed by atoms with E-state index in [4.69, 9.17) is 18.0 Å². The highest BCUT2D eigenvalue weighted by atomic mass is 32.1. The van der Waals surface area contributed by atoms with Crippen LogP contribution in [0.2, 0.25) is 0 Å². The number of thiocarbonyl (C=S) groups is 1. The smallest absolute Gasteiger partial charge is 0.189 e. The fraction of sp³-hybridized carbons (Fsp3) is 0.0714. The number of nitrogens with two attached hydrogens (primary N) is 1. The maximum atomic E-state index is 5.54. The first kappa shape index (κ1) is 13.0. The molecule has 2 heterocycles. The maximum absolute atomic E-state index is 5.54. The van der Waals surface area contributed by atoms with E-state index in [-0.39, 0.29) is 0 Å². The molecule has 0 amide bonds. The SMILES string of the molecule is Cc1ccc2nc(Nc3ccc(C(N)=S)cn3)sc2c1. The third kappa shape index (κ3) is 2.61. The van der Waals surface area contributed by atoms with Crippen molar-refractivity contribution in [3.8, 4) is 0 Å². The normalized spacial score (nSPS) is 10.7. The van der Waals surface area contributed by atoms with E-state index >= 15 is 0 Å². The molecule has 0 aliphatic carbocycles. The molecule has 0 radical (unpaired) electrons. The van der Waals surface area contributed by atoms with Gasteiger partial charge in [0, 0.05) is 11.8 Å². The molecule has 0 aliphatic rings. The zero-order chi connectivity index (χ0) is 14.1. The first-order valence-corrected chi connectivity index (χ1v) is 7.24. The minimum absolute atomic E-state index is 0.347. The largest absolute Gasteiger partial charge is 0.389 e. The Bertz CT molecular complexity index is 777. The highest BCUT2D eigenvalue weighted by Crippen LogP contribution is 2.28. The summed E-state index contributed by atoms with van der Waals surface area (Å²) in [5.41, 5.74) is 8.51. The summed E-state index contributed by atoms with van der Waals surface area (Å²) in [6.07, 6.45) is 1.65. The zero-order valence-corrected chi connectivity index (χ0v) is 12.4. The van der Waals surface area contributed by atoms with Gasteiger partial charge in [-0.1, -0.05) is 29.6 Å². The van der Waals surface area contributed by atoms with Crippen LogP contribution in [0.4, 0.5) is 10.9 Å². The van der Waals surface area contributed by atoms with Crippen LogP contribution >= 0.6 is 23.6 Å². The lowest BCUT2D eigenvalue weighted by Crippen LogP contribution is -2.09. The molecule has 0 aliphatic heterocycles. The molecular weight excluding hydrogens is 288 g/mol. The Hall–Kier alpha value is -2.05. The van der Waals surface area contributed by atoms with Gasteiger partial charge in [-0.3, -0.25) is 0 Å². The molecule has 3 N–H and O–H groups in total. The Morgan fingerprint density at radius 1 is 1.30 bits per heavy atom. The van der Waals surface area contributed by atoms with Crippen LogP contribution in [0.5, 0.6) is 0 Å². The fourth-order valence-corrected chi connectivity index (χ4v) is 2.90. The van der Waals surface area contributed by atoms with Crippen molar-refractivity contribution in [1.29, 1.82) is 0 Å². The Balaban J connectivity index is 1.87. The van der Waals surface area contributed by atoms with Crippen LogP contribution in [0, 0.1) is 6.92 Å². The van der Waals surface area contributed by atoms with Gasteiger partial charge in [0.2, 0.25) is 0 Å². The van der Waals surface area contributed by atoms with Crippen molar-refractivity contribution >= 4 is 49.7 Å². The average Bonchev–Trinajstić information content (AvgIpc) is 2.80. The average molecular weight is 300 g/mol. The van der Waals surface area contributed by atoms with Crippen molar-refractivity contribution in [2.24, 2.45) is 5.73 Å². The van der Waals surface area contributed by atoms with E-state index in [0.29, 0.717) is 4.99 Å². The summed E-state index contributed by atoms with van der Waals surface area (Å²) >= 11 is 6.50. The number of anilines is 2. The molecule has 0 atom stereocenters. The van der Waals surface area contributed by atoms with E-state index in [0.717, 1.165) is 26.7 Å². The quantitative estimate of drug-likeness (QED) is 0.726. The standard InChI is InChI=1S/C14H12N4S2/c1-8-2-4-10-11(6-8)20-14(17-10)18-12-5-3-9(7-16-12)13(15)19/h2-7H,1H3,(H2,15,19)(H,16,17,18). The van der Waals surface area contributed by atoms with Crippen molar-refractivity contribution in [2.75, 3.05) is 5.32 Å². The summed E-state index contributed by atoms with van der Waals surface area (Å²) in [5, 5.41) is 4.01. The summed E-state index contributed by atoms with van der Waals surface area (Å²) in [6, 6.07) is 9.89. The van der Waals surface area contributed by atoms with Crippen molar-refractivity contribution in [3.05, 3.63) is 47.7 Å². The topological polar surface area (TPSA) is 63.8 Å². The monoisotopic (exact) mass is 300 g/mol. The molecule has 0 saturated carbocycles. The second-order valence-corrected chi connectivity index (χ2v) is 5.88. The lowest BCUT2D eigenvalue weighted by Gasteiger charge is -2.02. The highest BCUT2D eigenvalue weighted by Gasteiger charge is 2.05. The van der Waals surface area contributed by atoms with Gasteiger partial charge in [0.05, 0.1) is 10.2 Å². The van der Waals surface area contributed by atoms with Gasteiger partial charge >= 0.3 is 0 Å². The van der Waals surface area contributed by atoms with Gasteiger partial charge in [-0.25, -0.2) is 9.97 Å². The van der Waals surface area contributed by atoms with Crippen LogP contribution in [0.15, 0.2) is 36.5 Å². The molecule has 0 fully saturated rings. The summed E-state index contributed by atoms with van der Waals surface area (Å²) < 4.78 is 1.16. The number of nitrogens with zero attached hydrogens (tertiary/aromatic N) is 2. The van der Waals surface area contributed by atoms with Crippen LogP contribution in [-0.2, 0) is 0 Å². The van der Waals surface area contributed by atoms with E-state index in [1.807, 2.05) is 18.2 Å². The first-order chi connectivity index (χ1) is 9.61. The molecule has 1 aromatic carbocycles. The lowest BCUT2D eigenvalue weighted by atomic mass is 10.2. The minimum atomic E-state index is 0.347. The number of fused-ring (bicyclic) bond motifs is 1. The molecule has 4 nitrogen and oxygen atoms in total. The van der Waals surface area contributed by atoms with Gasteiger partial charge in [-0.15, -0.1) is 0 Å². The molecule has 100 valence electrons. The van der Waals surface area contributed by atoms with Crippen molar-refractivity contribution in [1.82, 2.24) is 9.97 Å². The summed E-state index contributed by atoms with van der Waals surface area (Å²) in [5.74, 6) is 0.723. The fourth-order valence-electron chi connectivity index (χ4n) is 1.81. The van der Waals surface area contributed by atoms with E-state index in [2.05, 4.69) is 34.3 Å². The van der Waals surface area contributed by atoms with E-state index < -0.39 is 0 Å². The third-order valence-electron chi connectivity index (χ3n) is 2.83. The van der Waals surface area contributed by atoms with Gasteiger partial charge in [0.1, 0.15) is 10.8 Å². The molecular formula is C14H12N4S2. The number of hydrogen-bond donors (Lipinski definition) is 2. The summed E-state index contributed by atoms with van der Waals surface area (Å²) in [7, 11) is 0. The number of aryl methyl sites for hydroxylation is 1. The number of rotatable bonds is 3. The Morgan fingerprint density at radius 3 is 2.85 bits per heavy atom. The van der Waals surface area contributed by atoms with Gasteiger partial charge in [-0.2, -0.15) is 0 Å². The van der Waals surface area contributed by atoms with Gasteiger partial charge in [0.25, 0.3) is 0 Å². The first-order valence-electron chi connectivity index (χ1n) is 6.02. The zero-order valence-electron chi connectivity index (χ0n) is 10.8. The Labute approximate surface area is 125 Å². The molecule has 3 aromatic rings. The van der Waals surface area contributed by atoms with Crippen LogP contribution in [0.1, 0.15) is 11.1 Å². The van der Waals surface area contributed by atoms with E-state index in [1.54, 1.807) is 17.5 Å². The lowest BCUT2D eigenvalue weighted by molar-refractivity contribution is 1.29. The van der Waals surface area contributed by atoms with Gasteiger partial charge < -0.3 is 11.1 Å². The van der Waals surface area contributed by atoms with Crippen LogP contribution in [0.3, 0.4) is 0 Å². The Morgan fingerprint density at radius 2 is 2.15 bits per heavy atom. The van der Waals surface area contributed by atoms with Crippen LogP contribution in [-0.4, -0.2) is 15.0 Å². The molecule has 0 spiro atoms. The predicted molar refractivity (Wildman–Crippen MR) is 87.8 cm³/mol. The maximum Gasteiger partial charge on any atom is 0.189 e. The molecule has 0 bridgehead atoms. The second-order valence-electron chi connectivity index (χ2n) is 4.41. The number of nitrogens with one attached hydrogen (secondary N) is 1. The molecule has 20 heavy (non-hydrogen) atoms. The van der Waals surface area contributed by atoms with Gasteiger partial charge in [-0.05, 0) is 36.8 Å². The summed E-state index contributed by atoms with van der Waals surface area (Å²) in [4.78, 5) is 9.14. The number of thiazole rings is 1. The van der Waals surface area contributed by atoms with E-state index in [9.17, 15) is 0 Å². The molecule has 0 unspecified atom stereocenters. The predicted octanol–water partition coefficient (Wildman–Crippen LogP) is 3.38. The molecule has 6 heteroatoms. The van der Waals surface area contributed by atoms with E-state index in [1.165, 1.54) is 5.56 Å². The number of aromatic nitrogens is 2. The van der Waals surface area contributed by atoms with Crippen molar-refractivity contribution in [3.63, 3.8) is 0 Å². The number of pyridine rings is 1. The minimum Gasteiger partial charge on any atom is -0.389 e. The Kier molecular flexibility index (Phi) is 3.33. The number of hydrogen-bond acceptors (Lipinski definition) is 5. The molecule has 0 saturated heterocycles. The van der Waals surface area contributed by atoms with Crippen LogP contribution in [0.25, 0.3) is 10.2 Å². The summed E-state index contributed by atoms with van der Waals surface area (Å²) in [6.45, 7) is 2.07. The van der Waals surface area contributed by atoms with Crippen molar-refractivity contribution < 1.29 is 0 Å². The molecule has 2 aromatic heterocycles. The van der Waals surface area contributed by atoms with Crippen LogP contribution < -0.4 is 11.1 Å². The second kappa shape index (κ2) is 5.15. The van der Waals surface area contributed by atoms with Crippen molar-refractivity contribution in [2.45, 2.75) is 6.92 Å². The highest BCUT2D eigenvalue weighted by molar-refractivity contribution is 7.80. The third-order valence-corrected chi connectivity index (χ3v) is 4.00. The van der Waals surface area contributed by atoms with Gasteiger partial charge in [0.15, 0.2) is 5.13 Å². The molecule has 3 rings (SSSR count).